The summed E-state index contributed by atoms with van der Waals surface area (Å²) in [6.07, 6.45) is 0.677. The summed E-state index contributed by atoms with van der Waals surface area (Å²) in [6, 6.07) is 7.57. The molecule has 1 N–H and O–H groups in total. The van der Waals surface area contributed by atoms with Gasteiger partial charge in [-0.15, -0.1) is 0 Å². The van der Waals surface area contributed by atoms with E-state index in [1.807, 2.05) is 24.3 Å². The van der Waals surface area contributed by atoms with Gasteiger partial charge in [0.1, 0.15) is 5.75 Å². The van der Waals surface area contributed by atoms with E-state index < -0.39 is 0 Å². The van der Waals surface area contributed by atoms with Gasteiger partial charge in [0, 0.05) is 14.1 Å². The standard InChI is InChI=1S/C14H21NO3/c1-11(16)10-12-4-6-13(7-5-12)18-9-8-14(17)15(2)3/h4-7,11,16H,8-10H2,1-3H3. The van der Waals surface area contributed by atoms with Crippen LogP contribution in [0, 0.1) is 0 Å². The molecule has 0 fully saturated rings. The van der Waals surface area contributed by atoms with Crippen molar-refractivity contribution < 1.29 is 14.6 Å². The average Bonchev–Trinajstić information content (AvgIpc) is 2.30. The molecule has 0 aromatic heterocycles. The maximum atomic E-state index is 11.3. The van der Waals surface area contributed by atoms with Gasteiger partial charge in [-0.1, -0.05) is 12.1 Å². The van der Waals surface area contributed by atoms with E-state index in [0.717, 1.165) is 11.3 Å². The number of hydrogen-bond acceptors (Lipinski definition) is 3. The van der Waals surface area contributed by atoms with Gasteiger partial charge < -0.3 is 14.7 Å². The Bertz CT molecular complexity index is 371. The number of aliphatic hydroxyl groups excluding tert-OH is 1. The molecule has 0 aliphatic carbocycles. The minimum Gasteiger partial charge on any atom is -0.493 e. The number of nitrogens with zero attached hydrogens (tertiary/aromatic N) is 1. The van der Waals surface area contributed by atoms with Crippen LogP contribution in [0.2, 0.25) is 0 Å². The highest BCUT2D eigenvalue weighted by Gasteiger charge is 2.04. The Morgan fingerprint density at radius 2 is 1.94 bits per heavy atom. The molecule has 0 aliphatic heterocycles. The molecule has 0 saturated heterocycles. The van der Waals surface area contributed by atoms with E-state index in [1.165, 1.54) is 0 Å². The highest BCUT2D eigenvalue weighted by Crippen LogP contribution is 2.13. The minimum absolute atomic E-state index is 0.0562. The van der Waals surface area contributed by atoms with Gasteiger partial charge in [-0.3, -0.25) is 4.79 Å². The van der Waals surface area contributed by atoms with Crippen LogP contribution < -0.4 is 4.74 Å². The summed E-state index contributed by atoms with van der Waals surface area (Å²) in [5, 5.41) is 9.26. The highest BCUT2D eigenvalue weighted by molar-refractivity contribution is 5.75. The van der Waals surface area contributed by atoms with Crippen LogP contribution in [0.4, 0.5) is 0 Å². The van der Waals surface area contributed by atoms with E-state index in [4.69, 9.17) is 4.74 Å². The predicted octanol–water partition coefficient (Wildman–Crippen LogP) is 1.47. The van der Waals surface area contributed by atoms with Gasteiger partial charge in [-0.2, -0.15) is 0 Å². The van der Waals surface area contributed by atoms with Crippen molar-refractivity contribution in [3.05, 3.63) is 29.8 Å². The fourth-order valence-electron chi connectivity index (χ4n) is 1.54. The third-order valence-electron chi connectivity index (χ3n) is 2.54. The first-order valence-electron chi connectivity index (χ1n) is 6.09. The smallest absolute Gasteiger partial charge is 0.225 e. The molecule has 0 radical (unpaired) electrons. The second-order valence-electron chi connectivity index (χ2n) is 4.58. The predicted molar refractivity (Wildman–Crippen MR) is 70.6 cm³/mol. The Morgan fingerprint density at radius 3 is 2.44 bits per heavy atom. The second kappa shape index (κ2) is 7.01. The van der Waals surface area contributed by atoms with Gasteiger partial charge in [-0.05, 0) is 31.0 Å². The largest absolute Gasteiger partial charge is 0.493 e. The Kier molecular flexibility index (Phi) is 5.65. The molecular formula is C14H21NO3. The van der Waals surface area contributed by atoms with E-state index in [0.29, 0.717) is 19.4 Å². The van der Waals surface area contributed by atoms with E-state index in [1.54, 1.807) is 25.9 Å². The first kappa shape index (κ1) is 14.5. The van der Waals surface area contributed by atoms with Crippen molar-refractivity contribution >= 4 is 5.91 Å². The van der Waals surface area contributed by atoms with Crippen molar-refractivity contribution in [3.8, 4) is 5.75 Å². The first-order chi connectivity index (χ1) is 8.49. The summed E-state index contributed by atoms with van der Waals surface area (Å²) in [5.74, 6) is 0.802. The van der Waals surface area contributed by atoms with Gasteiger partial charge in [0.15, 0.2) is 0 Å². The third-order valence-corrected chi connectivity index (χ3v) is 2.54. The first-order valence-corrected chi connectivity index (χ1v) is 6.09. The molecule has 0 bridgehead atoms. The van der Waals surface area contributed by atoms with Gasteiger partial charge in [0.05, 0.1) is 19.1 Å². The molecule has 0 aliphatic rings. The van der Waals surface area contributed by atoms with Crippen LogP contribution in [0.3, 0.4) is 0 Å². The van der Waals surface area contributed by atoms with E-state index >= 15 is 0 Å². The Labute approximate surface area is 108 Å². The topological polar surface area (TPSA) is 49.8 Å². The highest BCUT2D eigenvalue weighted by atomic mass is 16.5. The molecule has 0 saturated carbocycles. The molecule has 1 aromatic carbocycles. The van der Waals surface area contributed by atoms with Crippen molar-refractivity contribution in [2.24, 2.45) is 0 Å². The lowest BCUT2D eigenvalue weighted by molar-refractivity contribution is -0.129. The number of rotatable bonds is 6. The minimum atomic E-state index is -0.338. The number of aliphatic hydroxyl groups is 1. The normalized spacial score (nSPS) is 12.0. The fraction of sp³-hybridized carbons (Fsp3) is 0.500. The van der Waals surface area contributed by atoms with Gasteiger partial charge in [-0.25, -0.2) is 0 Å². The number of amides is 1. The number of ether oxygens (including phenoxy) is 1. The monoisotopic (exact) mass is 251 g/mol. The van der Waals surface area contributed by atoms with Crippen LogP contribution in [0.1, 0.15) is 18.9 Å². The van der Waals surface area contributed by atoms with Crippen molar-refractivity contribution in [3.63, 3.8) is 0 Å². The third kappa shape index (κ3) is 5.19. The zero-order valence-electron chi connectivity index (χ0n) is 11.2. The summed E-state index contributed by atoms with van der Waals surface area (Å²) < 4.78 is 5.48. The molecule has 18 heavy (non-hydrogen) atoms. The number of carbonyl (C=O) groups is 1. The summed E-state index contributed by atoms with van der Waals surface area (Å²) >= 11 is 0. The zero-order valence-corrected chi connectivity index (χ0v) is 11.2. The van der Waals surface area contributed by atoms with Crippen molar-refractivity contribution in [1.29, 1.82) is 0 Å². The quantitative estimate of drug-likeness (QED) is 0.833. The maximum absolute atomic E-state index is 11.3. The van der Waals surface area contributed by atoms with Crippen LogP contribution >= 0.6 is 0 Å². The van der Waals surface area contributed by atoms with Crippen molar-refractivity contribution in [1.82, 2.24) is 4.90 Å². The second-order valence-corrected chi connectivity index (χ2v) is 4.58. The molecular weight excluding hydrogens is 230 g/mol. The SMILES string of the molecule is CC(O)Cc1ccc(OCCC(=O)N(C)C)cc1. The summed E-state index contributed by atoms with van der Waals surface area (Å²) in [4.78, 5) is 12.9. The summed E-state index contributed by atoms with van der Waals surface area (Å²) in [5.41, 5.74) is 1.07. The van der Waals surface area contributed by atoms with Crippen LogP contribution in [0.25, 0.3) is 0 Å². The van der Waals surface area contributed by atoms with Crippen molar-refractivity contribution in [2.75, 3.05) is 20.7 Å². The molecule has 1 rings (SSSR count). The van der Waals surface area contributed by atoms with E-state index in [-0.39, 0.29) is 12.0 Å². The molecule has 1 aromatic rings. The summed E-state index contributed by atoms with van der Waals surface area (Å²) in [7, 11) is 3.46. The van der Waals surface area contributed by atoms with Gasteiger partial charge >= 0.3 is 0 Å². The van der Waals surface area contributed by atoms with E-state index in [2.05, 4.69) is 0 Å². The molecule has 0 spiro atoms. The molecule has 4 nitrogen and oxygen atoms in total. The molecule has 4 heteroatoms. The van der Waals surface area contributed by atoms with Gasteiger partial charge in [0.2, 0.25) is 5.91 Å². The summed E-state index contributed by atoms with van der Waals surface area (Å²) in [6.45, 7) is 2.14. The van der Waals surface area contributed by atoms with Crippen LogP contribution in [0.5, 0.6) is 5.75 Å². The molecule has 1 amide bonds. The lowest BCUT2D eigenvalue weighted by atomic mass is 10.1. The lowest BCUT2D eigenvalue weighted by Gasteiger charge is -2.11. The Balaban J connectivity index is 2.37. The van der Waals surface area contributed by atoms with Crippen LogP contribution in [0.15, 0.2) is 24.3 Å². The maximum Gasteiger partial charge on any atom is 0.225 e. The Morgan fingerprint density at radius 1 is 1.33 bits per heavy atom. The number of carbonyl (C=O) groups excluding carboxylic acids is 1. The molecule has 1 unspecified atom stereocenters. The van der Waals surface area contributed by atoms with E-state index in [9.17, 15) is 9.90 Å². The number of benzene rings is 1. The number of hydrogen-bond donors (Lipinski definition) is 1. The molecule has 0 heterocycles. The van der Waals surface area contributed by atoms with Gasteiger partial charge in [0.25, 0.3) is 0 Å². The zero-order chi connectivity index (χ0) is 13.5. The van der Waals surface area contributed by atoms with Crippen LogP contribution in [-0.4, -0.2) is 42.7 Å². The van der Waals surface area contributed by atoms with Crippen LogP contribution in [-0.2, 0) is 11.2 Å². The molecule has 100 valence electrons. The fourth-order valence-corrected chi connectivity index (χ4v) is 1.54. The van der Waals surface area contributed by atoms with Crippen molar-refractivity contribution in [2.45, 2.75) is 25.9 Å². The lowest BCUT2D eigenvalue weighted by Crippen LogP contribution is -2.23. The Hall–Kier alpha value is -1.55. The molecule has 1 atom stereocenters. The average molecular weight is 251 g/mol.